The molecule has 0 aliphatic rings. The molecule has 0 spiro atoms. The third kappa shape index (κ3) is 7.31. The summed E-state index contributed by atoms with van der Waals surface area (Å²) in [6, 6.07) is 9.11. The van der Waals surface area contributed by atoms with Crippen LogP contribution in [-0.4, -0.2) is 65.8 Å². The predicted molar refractivity (Wildman–Crippen MR) is 132 cm³/mol. The van der Waals surface area contributed by atoms with Gasteiger partial charge < -0.3 is 36.8 Å². The van der Waals surface area contributed by atoms with E-state index in [0.29, 0.717) is 21.9 Å². The molecule has 4 rings (SSSR count). The van der Waals surface area contributed by atoms with Crippen molar-refractivity contribution in [2.45, 2.75) is 18.5 Å². The highest BCUT2D eigenvalue weighted by Crippen LogP contribution is 2.29. The molecule has 2 aromatic heterocycles. The Kier molecular flexibility index (Phi) is 9.76. The van der Waals surface area contributed by atoms with Crippen molar-refractivity contribution in [3.8, 4) is 0 Å². The van der Waals surface area contributed by atoms with E-state index in [4.69, 9.17) is 26.8 Å². The number of aliphatic hydroxyl groups excluding tert-OH is 1. The molecular weight excluding hydrogens is 492 g/mol. The number of nitro benzene ring substituents is 2. The molecular formula is C22H24N6O9. The average Bonchev–Trinajstić information content (AvgIpc) is 3.51. The Bertz CT molecular complexity index is 1410. The molecule has 9 N–H and O–H groups in total. The summed E-state index contributed by atoms with van der Waals surface area (Å²) >= 11 is 0. The van der Waals surface area contributed by atoms with Gasteiger partial charge in [-0.05, 0) is 23.8 Å². The van der Waals surface area contributed by atoms with Crippen LogP contribution in [0.2, 0.25) is 0 Å². The first-order valence-corrected chi connectivity index (χ1v) is 10.5. The van der Waals surface area contributed by atoms with E-state index in [1.807, 2.05) is 6.07 Å². The number of aromatic amines is 2. The largest absolute Gasteiger partial charge is 0.480 e. The van der Waals surface area contributed by atoms with Crippen LogP contribution >= 0.6 is 0 Å². The van der Waals surface area contributed by atoms with Gasteiger partial charge in [-0.1, -0.05) is 12.1 Å². The summed E-state index contributed by atoms with van der Waals surface area (Å²) in [5.41, 5.74) is 12.2. The average molecular weight is 516 g/mol. The number of nitrogens with two attached hydrogens (primary N) is 2. The number of aliphatic carboxylic acids is 2. The second-order valence-electron chi connectivity index (χ2n) is 7.52. The van der Waals surface area contributed by atoms with Crippen LogP contribution in [0.4, 0.5) is 11.4 Å². The highest BCUT2D eigenvalue weighted by molar-refractivity contribution is 5.92. The van der Waals surface area contributed by atoms with Crippen molar-refractivity contribution >= 4 is 45.1 Å². The summed E-state index contributed by atoms with van der Waals surface area (Å²) in [4.78, 5) is 46.7. The third-order valence-corrected chi connectivity index (χ3v) is 5.00. The Balaban J connectivity index is 0.000000218. The normalized spacial score (nSPS) is 12.0. The number of aliphatic hydroxyl groups is 1. The summed E-state index contributed by atoms with van der Waals surface area (Å²) in [5, 5.41) is 47.2. The summed E-state index contributed by atoms with van der Waals surface area (Å²) in [6.45, 7) is -0.505. The maximum atomic E-state index is 10.9. The van der Waals surface area contributed by atoms with Gasteiger partial charge >= 0.3 is 11.9 Å². The van der Waals surface area contributed by atoms with E-state index in [1.165, 1.54) is 12.1 Å². The highest BCUT2D eigenvalue weighted by Gasteiger charge is 2.20. The lowest BCUT2D eigenvalue weighted by Gasteiger charge is -2.04. The topological polar surface area (TPSA) is 265 Å². The molecule has 15 nitrogen and oxygen atoms in total. The molecule has 0 aliphatic carbocycles. The quantitative estimate of drug-likeness (QED) is 0.137. The van der Waals surface area contributed by atoms with Crippen molar-refractivity contribution in [3.05, 3.63) is 80.7 Å². The minimum atomic E-state index is -1.18. The molecule has 0 fully saturated rings. The van der Waals surface area contributed by atoms with E-state index in [2.05, 4.69) is 9.97 Å². The first-order valence-electron chi connectivity index (χ1n) is 10.5. The molecule has 2 atom stereocenters. The first-order chi connectivity index (χ1) is 17.5. The van der Waals surface area contributed by atoms with E-state index in [0.717, 1.165) is 5.52 Å². The van der Waals surface area contributed by atoms with Gasteiger partial charge in [0.2, 0.25) is 0 Å². The number of non-ortho nitro benzene ring substituents is 2. The number of H-pyrrole nitrogens is 2. The van der Waals surface area contributed by atoms with Crippen LogP contribution in [0.3, 0.4) is 0 Å². The van der Waals surface area contributed by atoms with Crippen LogP contribution in [0.15, 0.2) is 54.9 Å². The number of hydrogen-bond donors (Lipinski definition) is 7. The lowest BCUT2D eigenvalue weighted by Crippen LogP contribution is -2.33. The Hall–Kier alpha value is -4.86. The number of nitrogens with one attached hydrogen (secondary N) is 2. The molecule has 0 aliphatic heterocycles. The van der Waals surface area contributed by atoms with E-state index in [-0.39, 0.29) is 22.7 Å². The molecule has 15 heteroatoms. The number of carboxylic acids is 2. The Morgan fingerprint density at radius 3 is 1.95 bits per heavy atom. The number of rotatable bonds is 7. The van der Waals surface area contributed by atoms with Crippen molar-refractivity contribution in [1.29, 1.82) is 0 Å². The smallest absolute Gasteiger partial charge is 0.322 e. The van der Waals surface area contributed by atoms with Gasteiger partial charge in [-0.25, -0.2) is 0 Å². The number of benzene rings is 2. The van der Waals surface area contributed by atoms with Crippen molar-refractivity contribution in [1.82, 2.24) is 9.97 Å². The van der Waals surface area contributed by atoms with Gasteiger partial charge in [-0.15, -0.1) is 0 Å². The summed E-state index contributed by atoms with van der Waals surface area (Å²) in [6.07, 6.45) is 3.29. The van der Waals surface area contributed by atoms with Crippen LogP contribution in [-0.2, 0) is 16.0 Å². The lowest BCUT2D eigenvalue weighted by molar-refractivity contribution is -0.383. The summed E-state index contributed by atoms with van der Waals surface area (Å²) < 4.78 is 0. The first kappa shape index (κ1) is 28.4. The number of nitrogens with zero attached hydrogens (tertiary/aromatic N) is 2. The summed E-state index contributed by atoms with van der Waals surface area (Å²) in [7, 11) is 0. The SMILES string of the molecule is N[C@@H](CO)C(=O)O.N[C@@H](Cc1c[nH]c2cccc([N+](=O)[O-])c12)C(=O)O.O=[N+]([O-])c1cccc2[nH]ccc12. The van der Waals surface area contributed by atoms with Crippen LogP contribution in [0, 0.1) is 20.2 Å². The lowest BCUT2D eigenvalue weighted by atomic mass is 10.0. The second kappa shape index (κ2) is 12.7. The molecule has 196 valence electrons. The van der Waals surface area contributed by atoms with Crippen molar-refractivity contribution in [2.24, 2.45) is 11.5 Å². The van der Waals surface area contributed by atoms with Crippen molar-refractivity contribution in [3.63, 3.8) is 0 Å². The number of carbonyl (C=O) groups is 2. The van der Waals surface area contributed by atoms with Gasteiger partial charge in [0.1, 0.15) is 12.1 Å². The number of hydrogen-bond acceptors (Lipinski definition) is 9. The zero-order valence-corrected chi connectivity index (χ0v) is 19.1. The van der Waals surface area contributed by atoms with Gasteiger partial charge in [0.15, 0.2) is 0 Å². The highest BCUT2D eigenvalue weighted by atomic mass is 16.6. The Labute approximate surface area is 207 Å². The molecule has 0 amide bonds. The molecule has 0 bridgehead atoms. The zero-order chi connectivity index (χ0) is 27.7. The molecule has 0 unspecified atom stereocenters. The maximum absolute atomic E-state index is 10.9. The van der Waals surface area contributed by atoms with E-state index >= 15 is 0 Å². The number of nitro groups is 2. The van der Waals surface area contributed by atoms with Crippen LogP contribution < -0.4 is 11.5 Å². The van der Waals surface area contributed by atoms with Crippen molar-refractivity contribution < 1.29 is 34.8 Å². The molecule has 0 saturated heterocycles. The minimum Gasteiger partial charge on any atom is -0.480 e. The van der Waals surface area contributed by atoms with Crippen LogP contribution in [0.5, 0.6) is 0 Å². The van der Waals surface area contributed by atoms with Crippen LogP contribution in [0.25, 0.3) is 21.8 Å². The fraction of sp³-hybridized carbons (Fsp3) is 0.182. The fourth-order valence-corrected chi connectivity index (χ4v) is 3.18. The summed E-state index contributed by atoms with van der Waals surface area (Å²) in [5.74, 6) is -2.31. The molecule has 4 aromatic rings. The fourth-order valence-electron chi connectivity index (χ4n) is 3.18. The van der Waals surface area contributed by atoms with Gasteiger partial charge in [-0.2, -0.15) is 0 Å². The van der Waals surface area contributed by atoms with Gasteiger partial charge in [-0.3, -0.25) is 29.8 Å². The van der Waals surface area contributed by atoms with Gasteiger partial charge in [0, 0.05) is 30.9 Å². The second-order valence-corrected chi connectivity index (χ2v) is 7.52. The molecule has 0 radical (unpaired) electrons. The predicted octanol–water partition coefficient (Wildman–Crippen LogP) is 1.50. The standard InChI is InChI=1S/C11H11N3O4.C8H6N2O2.C3H7NO3/c12-7(11(15)16)4-6-5-13-8-2-1-3-9(10(6)8)14(17)18;11-10(12)8-3-1-2-7-6(8)4-5-9-7;4-2(1-5)3(6)7/h1-3,5,7,13H,4,12H2,(H,15,16);1-5,9H;2,5H,1,4H2,(H,6,7)/t7-;;2-/m0.0/s1. The third-order valence-electron chi connectivity index (χ3n) is 5.00. The molecule has 37 heavy (non-hydrogen) atoms. The van der Waals surface area contributed by atoms with Crippen LogP contribution in [0.1, 0.15) is 5.56 Å². The minimum absolute atomic E-state index is 0.0419. The number of carboxylic acid groups (broad SMARTS) is 2. The van der Waals surface area contributed by atoms with E-state index < -0.39 is 35.6 Å². The molecule has 2 heterocycles. The van der Waals surface area contributed by atoms with E-state index in [1.54, 1.807) is 36.7 Å². The molecule has 2 aromatic carbocycles. The zero-order valence-electron chi connectivity index (χ0n) is 19.1. The van der Waals surface area contributed by atoms with Crippen molar-refractivity contribution in [2.75, 3.05) is 6.61 Å². The number of fused-ring (bicyclic) bond motifs is 2. The maximum Gasteiger partial charge on any atom is 0.322 e. The molecule has 0 saturated carbocycles. The van der Waals surface area contributed by atoms with Gasteiger partial charge in [0.25, 0.3) is 11.4 Å². The number of aromatic nitrogens is 2. The monoisotopic (exact) mass is 516 g/mol. The van der Waals surface area contributed by atoms with Gasteiger partial charge in [0.05, 0.1) is 38.3 Å². The van der Waals surface area contributed by atoms with E-state index in [9.17, 15) is 29.8 Å². The Morgan fingerprint density at radius 1 is 0.865 bits per heavy atom. The Morgan fingerprint density at radius 2 is 1.43 bits per heavy atom.